The fourth-order valence-electron chi connectivity index (χ4n) is 3.97. The maximum absolute atomic E-state index is 12.1. The number of aromatic nitrogens is 1. The molecule has 0 spiro atoms. The summed E-state index contributed by atoms with van der Waals surface area (Å²) in [5.41, 5.74) is 2.05. The number of carbonyl (C=O) groups is 1. The molecule has 1 aliphatic carbocycles. The number of fused-ring (bicyclic) bond motifs is 1. The normalized spacial score (nSPS) is 19.1. The topological polar surface area (TPSA) is 58.5 Å². The van der Waals surface area contributed by atoms with Crippen molar-refractivity contribution < 1.29 is 9.53 Å². The van der Waals surface area contributed by atoms with Gasteiger partial charge in [0.25, 0.3) is 0 Å². The molecule has 140 valence electrons. The number of hydrogen-bond acceptors (Lipinski definition) is 3. The van der Waals surface area contributed by atoms with Crippen molar-refractivity contribution in [1.82, 2.24) is 14.8 Å². The van der Waals surface area contributed by atoms with E-state index in [1.165, 1.54) is 18.4 Å². The summed E-state index contributed by atoms with van der Waals surface area (Å²) in [5, 5.41) is 7.20. The number of hydrogen-bond donors (Lipinski definition) is 2. The van der Waals surface area contributed by atoms with Crippen molar-refractivity contribution in [3.05, 3.63) is 30.5 Å². The molecule has 4 rings (SSSR count). The second kappa shape index (κ2) is 8.10. The van der Waals surface area contributed by atoms with Crippen LogP contribution in [0.4, 0.5) is 10.5 Å². The van der Waals surface area contributed by atoms with E-state index in [1.54, 1.807) is 0 Å². The van der Waals surface area contributed by atoms with Crippen molar-refractivity contribution in [2.45, 2.75) is 38.3 Å². The summed E-state index contributed by atoms with van der Waals surface area (Å²) in [5.74, 6) is 0. The molecule has 1 aromatic carbocycles. The van der Waals surface area contributed by atoms with E-state index in [-0.39, 0.29) is 6.03 Å². The fourth-order valence-corrected chi connectivity index (χ4v) is 3.97. The second-order valence-electron chi connectivity index (χ2n) is 7.32. The van der Waals surface area contributed by atoms with Crippen molar-refractivity contribution in [3.63, 3.8) is 0 Å². The standard InChI is InChI=1S/C20H28N4O2/c25-20(21-17-3-1-2-4-17)22-18-5-6-19-16(15-18)7-8-24(19)10-9-23-11-13-26-14-12-23/h5-8,15,17H,1-4,9-14H2,(H2,21,22,25). The van der Waals surface area contributed by atoms with Gasteiger partial charge in [0, 0.05) is 55.0 Å². The van der Waals surface area contributed by atoms with Crippen LogP contribution in [0.1, 0.15) is 25.7 Å². The molecule has 2 heterocycles. The van der Waals surface area contributed by atoms with Gasteiger partial charge in [-0.3, -0.25) is 4.90 Å². The molecule has 2 aliphatic rings. The van der Waals surface area contributed by atoms with Crippen LogP contribution < -0.4 is 10.6 Å². The summed E-state index contributed by atoms with van der Waals surface area (Å²) in [6.45, 7) is 5.72. The Morgan fingerprint density at radius 3 is 2.73 bits per heavy atom. The molecule has 0 unspecified atom stereocenters. The summed E-state index contributed by atoms with van der Waals surface area (Å²) in [7, 11) is 0. The molecular weight excluding hydrogens is 328 g/mol. The number of nitrogens with one attached hydrogen (secondary N) is 2. The smallest absolute Gasteiger partial charge is 0.319 e. The van der Waals surface area contributed by atoms with Gasteiger partial charge in [0.2, 0.25) is 0 Å². The van der Waals surface area contributed by atoms with Crippen LogP contribution in [0.15, 0.2) is 30.5 Å². The van der Waals surface area contributed by atoms with Gasteiger partial charge in [-0.1, -0.05) is 12.8 Å². The number of urea groups is 1. The number of benzene rings is 1. The zero-order valence-corrected chi connectivity index (χ0v) is 15.2. The molecule has 6 heteroatoms. The number of ether oxygens (including phenoxy) is 1. The first-order chi connectivity index (χ1) is 12.8. The lowest BCUT2D eigenvalue weighted by Crippen LogP contribution is -2.38. The van der Waals surface area contributed by atoms with E-state index in [4.69, 9.17) is 4.74 Å². The van der Waals surface area contributed by atoms with Gasteiger partial charge in [0.1, 0.15) is 0 Å². The van der Waals surface area contributed by atoms with Crippen LogP contribution in [-0.2, 0) is 11.3 Å². The molecule has 26 heavy (non-hydrogen) atoms. The van der Waals surface area contributed by atoms with Gasteiger partial charge in [-0.15, -0.1) is 0 Å². The van der Waals surface area contributed by atoms with Crippen LogP contribution in [0, 0.1) is 0 Å². The highest BCUT2D eigenvalue weighted by molar-refractivity contribution is 5.93. The second-order valence-corrected chi connectivity index (χ2v) is 7.32. The Morgan fingerprint density at radius 1 is 1.12 bits per heavy atom. The number of morpholine rings is 1. The highest BCUT2D eigenvalue weighted by Crippen LogP contribution is 2.21. The quantitative estimate of drug-likeness (QED) is 0.866. The molecule has 1 saturated carbocycles. The van der Waals surface area contributed by atoms with Gasteiger partial charge in [-0.05, 0) is 37.1 Å². The van der Waals surface area contributed by atoms with Gasteiger partial charge in [0.05, 0.1) is 13.2 Å². The largest absolute Gasteiger partial charge is 0.379 e. The Labute approximate surface area is 154 Å². The molecule has 2 aromatic rings. The third-order valence-electron chi connectivity index (χ3n) is 5.48. The molecule has 0 radical (unpaired) electrons. The van der Waals surface area contributed by atoms with Gasteiger partial charge in [0.15, 0.2) is 0 Å². The van der Waals surface area contributed by atoms with Crippen LogP contribution >= 0.6 is 0 Å². The van der Waals surface area contributed by atoms with Crippen LogP contribution in [0.25, 0.3) is 10.9 Å². The Hall–Kier alpha value is -2.05. The Morgan fingerprint density at radius 2 is 1.92 bits per heavy atom. The van der Waals surface area contributed by atoms with E-state index in [1.807, 2.05) is 6.07 Å². The van der Waals surface area contributed by atoms with Crippen LogP contribution in [0.3, 0.4) is 0 Å². The summed E-state index contributed by atoms with van der Waals surface area (Å²) in [6, 6.07) is 8.49. The first kappa shape index (κ1) is 17.4. The number of amides is 2. The van der Waals surface area contributed by atoms with Crippen molar-refractivity contribution >= 4 is 22.6 Å². The van der Waals surface area contributed by atoms with Crippen LogP contribution in [0.5, 0.6) is 0 Å². The Balaban J connectivity index is 1.36. The van der Waals surface area contributed by atoms with Crippen LogP contribution in [0.2, 0.25) is 0 Å². The molecule has 2 amide bonds. The van der Waals surface area contributed by atoms with Crippen molar-refractivity contribution in [2.24, 2.45) is 0 Å². The SMILES string of the molecule is O=C(Nc1ccc2c(ccn2CCN2CCOCC2)c1)NC1CCCC1. The molecule has 2 N–H and O–H groups in total. The van der Waals surface area contributed by atoms with E-state index >= 15 is 0 Å². The van der Waals surface area contributed by atoms with Crippen LogP contribution in [-0.4, -0.2) is 54.4 Å². The van der Waals surface area contributed by atoms with Crippen molar-refractivity contribution in [3.8, 4) is 0 Å². The Kier molecular flexibility index (Phi) is 5.41. The fraction of sp³-hybridized carbons (Fsp3) is 0.550. The molecule has 2 fully saturated rings. The first-order valence-corrected chi connectivity index (χ1v) is 9.74. The maximum atomic E-state index is 12.1. The zero-order chi connectivity index (χ0) is 17.8. The molecule has 1 saturated heterocycles. The monoisotopic (exact) mass is 356 g/mol. The lowest BCUT2D eigenvalue weighted by molar-refractivity contribution is 0.0365. The highest BCUT2D eigenvalue weighted by atomic mass is 16.5. The number of nitrogens with zero attached hydrogens (tertiary/aromatic N) is 2. The predicted octanol–water partition coefficient (Wildman–Crippen LogP) is 3.04. The third kappa shape index (κ3) is 4.19. The predicted molar refractivity (Wildman–Crippen MR) is 104 cm³/mol. The lowest BCUT2D eigenvalue weighted by atomic mass is 10.2. The number of rotatable bonds is 5. The summed E-state index contributed by atoms with van der Waals surface area (Å²) >= 11 is 0. The van der Waals surface area contributed by atoms with E-state index in [9.17, 15) is 4.79 Å². The summed E-state index contributed by atoms with van der Waals surface area (Å²) < 4.78 is 7.69. The third-order valence-corrected chi connectivity index (χ3v) is 5.48. The first-order valence-electron chi connectivity index (χ1n) is 9.74. The zero-order valence-electron chi connectivity index (χ0n) is 15.2. The summed E-state index contributed by atoms with van der Waals surface area (Å²) in [6.07, 6.45) is 6.76. The minimum absolute atomic E-state index is 0.0944. The minimum atomic E-state index is -0.0944. The summed E-state index contributed by atoms with van der Waals surface area (Å²) in [4.78, 5) is 14.6. The maximum Gasteiger partial charge on any atom is 0.319 e. The molecule has 0 bridgehead atoms. The molecular formula is C20H28N4O2. The van der Waals surface area contributed by atoms with Gasteiger partial charge in [-0.2, -0.15) is 0 Å². The van der Waals surface area contributed by atoms with Crippen molar-refractivity contribution in [1.29, 1.82) is 0 Å². The Bertz CT molecular complexity index is 745. The van der Waals surface area contributed by atoms with E-state index < -0.39 is 0 Å². The number of anilines is 1. The average Bonchev–Trinajstić information content (AvgIpc) is 3.30. The van der Waals surface area contributed by atoms with Gasteiger partial charge >= 0.3 is 6.03 Å². The van der Waals surface area contributed by atoms with Crippen molar-refractivity contribution in [2.75, 3.05) is 38.2 Å². The van der Waals surface area contributed by atoms with E-state index in [0.717, 1.165) is 63.3 Å². The highest BCUT2D eigenvalue weighted by Gasteiger charge is 2.17. The number of carbonyl (C=O) groups excluding carboxylic acids is 1. The molecule has 6 nitrogen and oxygen atoms in total. The van der Waals surface area contributed by atoms with E-state index in [2.05, 4.69) is 44.5 Å². The average molecular weight is 356 g/mol. The minimum Gasteiger partial charge on any atom is -0.379 e. The molecule has 1 aliphatic heterocycles. The molecule has 0 atom stereocenters. The van der Waals surface area contributed by atoms with Gasteiger partial charge < -0.3 is 19.9 Å². The van der Waals surface area contributed by atoms with E-state index in [0.29, 0.717) is 6.04 Å². The molecule has 1 aromatic heterocycles. The lowest BCUT2D eigenvalue weighted by Gasteiger charge is -2.26. The van der Waals surface area contributed by atoms with Gasteiger partial charge in [-0.25, -0.2) is 4.79 Å².